The molecule has 5 heteroatoms. The second kappa shape index (κ2) is 4.14. The summed E-state index contributed by atoms with van der Waals surface area (Å²) in [4.78, 5) is 13.1. The van der Waals surface area contributed by atoms with Gasteiger partial charge in [-0.15, -0.1) is 0 Å². The Balaban J connectivity index is 2.00. The number of fused-ring (bicyclic) bond motifs is 1. The smallest absolute Gasteiger partial charge is 0.161 e. The lowest BCUT2D eigenvalue weighted by molar-refractivity contribution is 0.771. The van der Waals surface area contributed by atoms with Gasteiger partial charge in [-0.25, -0.2) is 9.97 Å². The zero-order valence-corrected chi connectivity index (χ0v) is 10.7. The minimum absolute atomic E-state index is 0.491. The molecule has 1 aliphatic carbocycles. The molecular formula is C15H11N5. The molecule has 96 valence electrons. The van der Waals surface area contributed by atoms with E-state index >= 15 is 0 Å². The Kier molecular flexibility index (Phi) is 2.30. The maximum absolute atomic E-state index is 9.00. The minimum atomic E-state index is 0.491. The van der Waals surface area contributed by atoms with Crippen LogP contribution < -0.4 is 0 Å². The lowest BCUT2D eigenvalue weighted by Gasteiger charge is -2.06. The van der Waals surface area contributed by atoms with Crippen LogP contribution in [0.4, 0.5) is 0 Å². The van der Waals surface area contributed by atoms with Crippen LogP contribution in [-0.2, 0) is 0 Å². The number of benzene rings is 1. The molecule has 0 unspecified atom stereocenters. The van der Waals surface area contributed by atoms with Crippen molar-refractivity contribution in [3.05, 3.63) is 42.4 Å². The van der Waals surface area contributed by atoms with Crippen molar-refractivity contribution in [2.75, 3.05) is 0 Å². The van der Waals surface area contributed by atoms with Gasteiger partial charge in [0.25, 0.3) is 0 Å². The molecule has 2 heterocycles. The first kappa shape index (κ1) is 11.1. The molecule has 5 nitrogen and oxygen atoms in total. The molecular weight excluding hydrogens is 250 g/mol. The zero-order valence-electron chi connectivity index (χ0n) is 10.7. The van der Waals surface area contributed by atoms with Crippen molar-refractivity contribution in [2.45, 2.75) is 18.9 Å². The van der Waals surface area contributed by atoms with E-state index < -0.39 is 0 Å². The summed E-state index contributed by atoms with van der Waals surface area (Å²) in [7, 11) is 0. The first-order valence-electron chi connectivity index (χ1n) is 6.55. The molecule has 3 aromatic rings. The van der Waals surface area contributed by atoms with E-state index in [0.717, 1.165) is 22.6 Å². The Hall–Kier alpha value is -2.74. The Morgan fingerprint density at radius 2 is 2.15 bits per heavy atom. The van der Waals surface area contributed by atoms with Crippen LogP contribution in [-0.4, -0.2) is 19.5 Å². The van der Waals surface area contributed by atoms with Crippen molar-refractivity contribution in [3.63, 3.8) is 0 Å². The predicted octanol–water partition coefficient (Wildman–Crippen LogP) is 2.70. The van der Waals surface area contributed by atoms with Crippen molar-refractivity contribution in [3.8, 4) is 17.6 Å². The molecule has 1 aromatic carbocycles. The van der Waals surface area contributed by atoms with Gasteiger partial charge < -0.3 is 4.57 Å². The number of nitriles is 1. The van der Waals surface area contributed by atoms with Crippen LogP contribution in [0.1, 0.15) is 24.4 Å². The van der Waals surface area contributed by atoms with E-state index in [0.29, 0.717) is 11.6 Å². The Morgan fingerprint density at radius 1 is 1.25 bits per heavy atom. The Bertz CT molecular complexity index is 825. The highest BCUT2D eigenvalue weighted by Gasteiger charge is 2.29. The molecule has 0 amide bonds. The number of rotatable bonds is 2. The number of hydrogen-bond acceptors (Lipinski definition) is 4. The standard InChI is InChI=1S/C15H11N5/c16-8-10-1-4-14-12(7-10)19-15(20(14)11-2-3-11)13-9-17-5-6-18-13/h1,4-7,9,11H,2-3H2. The van der Waals surface area contributed by atoms with E-state index in [1.807, 2.05) is 18.2 Å². The average Bonchev–Trinajstić information content (AvgIpc) is 3.27. The third-order valence-corrected chi connectivity index (χ3v) is 3.52. The van der Waals surface area contributed by atoms with E-state index in [1.54, 1.807) is 18.6 Å². The SMILES string of the molecule is N#Cc1ccc2c(c1)nc(-c1cnccn1)n2C1CC1. The van der Waals surface area contributed by atoms with Crippen molar-refractivity contribution in [1.29, 1.82) is 5.26 Å². The molecule has 2 aromatic heterocycles. The van der Waals surface area contributed by atoms with Crippen LogP contribution in [0.2, 0.25) is 0 Å². The highest BCUT2D eigenvalue weighted by molar-refractivity contribution is 5.81. The Morgan fingerprint density at radius 3 is 2.85 bits per heavy atom. The van der Waals surface area contributed by atoms with Crippen molar-refractivity contribution in [1.82, 2.24) is 19.5 Å². The van der Waals surface area contributed by atoms with Gasteiger partial charge in [0.05, 0.1) is 28.9 Å². The monoisotopic (exact) mass is 261 g/mol. The van der Waals surface area contributed by atoms with Gasteiger partial charge in [-0.1, -0.05) is 0 Å². The second-order valence-corrected chi connectivity index (χ2v) is 4.94. The molecule has 1 saturated carbocycles. The van der Waals surface area contributed by atoms with Crippen LogP contribution in [0.5, 0.6) is 0 Å². The van der Waals surface area contributed by atoms with Crippen molar-refractivity contribution < 1.29 is 0 Å². The molecule has 1 aliphatic rings. The summed E-state index contributed by atoms with van der Waals surface area (Å²) in [6, 6.07) is 8.28. The van der Waals surface area contributed by atoms with Gasteiger partial charge in [0.15, 0.2) is 5.82 Å². The van der Waals surface area contributed by atoms with Crippen LogP contribution in [0, 0.1) is 11.3 Å². The summed E-state index contributed by atoms with van der Waals surface area (Å²) >= 11 is 0. The van der Waals surface area contributed by atoms with E-state index in [4.69, 9.17) is 5.26 Å². The van der Waals surface area contributed by atoms with Crippen LogP contribution in [0.25, 0.3) is 22.6 Å². The minimum Gasteiger partial charge on any atom is -0.319 e. The lowest BCUT2D eigenvalue weighted by Crippen LogP contribution is -1.98. The molecule has 0 radical (unpaired) electrons. The summed E-state index contributed by atoms with van der Waals surface area (Å²) in [6.45, 7) is 0. The first-order valence-corrected chi connectivity index (χ1v) is 6.55. The maximum Gasteiger partial charge on any atom is 0.161 e. The molecule has 20 heavy (non-hydrogen) atoms. The average molecular weight is 261 g/mol. The zero-order chi connectivity index (χ0) is 13.5. The molecule has 0 atom stereocenters. The summed E-state index contributed by atoms with van der Waals surface area (Å²) in [5, 5.41) is 9.00. The van der Waals surface area contributed by atoms with Gasteiger partial charge in [-0.05, 0) is 31.0 Å². The fourth-order valence-corrected chi connectivity index (χ4v) is 2.47. The summed E-state index contributed by atoms with van der Waals surface area (Å²) in [5.74, 6) is 0.839. The second-order valence-electron chi connectivity index (χ2n) is 4.94. The van der Waals surface area contributed by atoms with Gasteiger partial charge >= 0.3 is 0 Å². The van der Waals surface area contributed by atoms with Crippen LogP contribution in [0.15, 0.2) is 36.8 Å². The van der Waals surface area contributed by atoms with E-state index in [1.165, 1.54) is 12.8 Å². The van der Waals surface area contributed by atoms with Gasteiger partial charge in [0.1, 0.15) is 5.69 Å². The van der Waals surface area contributed by atoms with Crippen LogP contribution in [0.3, 0.4) is 0 Å². The third-order valence-electron chi connectivity index (χ3n) is 3.52. The summed E-state index contributed by atoms with van der Waals surface area (Å²) in [6.07, 6.45) is 7.39. The lowest BCUT2D eigenvalue weighted by atomic mass is 10.2. The number of aromatic nitrogens is 4. The van der Waals surface area contributed by atoms with Gasteiger partial charge in [-0.2, -0.15) is 5.26 Å². The first-order chi connectivity index (χ1) is 9.86. The highest BCUT2D eigenvalue weighted by atomic mass is 15.1. The van der Waals surface area contributed by atoms with E-state index in [2.05, 4.69) is 25.6 Å². The Labute approximate surface area is 115 Å². The molecule has 0 N–H and O–H groups in total. The molecule has 1 fully saturated rings. The third kappa shape index (κ3) is 1.66. The number of hydrogen-bond donors (Lipinski definition) is 0. The fraction of sp³-hybridized carbons (Fsp3) is 0.200. The normalized spacial score (nSPS) is 14.3. The van der Waals surface area contributed by atoms with Crippen molar-refractivity contribution >= 4 is 11.0 Å². The molecule has 0 bridgehead atoms. The van der Waals surface area contributed by atoms with E-state index in [9.17, 15) is 0 Å². The number of nitrogens with zero attached hydrogens (tertiary/aromatic N) is 5. The van der Waals surface area contributed by atoms with Gasteiger partial charge in [-0.3, -0.25) is 4.98 Å². The largest absolute Gasteiger partial charge is 0.319 e. The fourth-order valence-electron chi connectivity index (χ4n) is 2.47. The highest BCUT2D eigenvalue weighted by Crippen LogP contribution is 2.40. The molecule has 0 saturated heterocycles. The maximum atomic E-state index is 9.00. The van der Waals surface area contributed by atoms with Gasteiger partial charge in [0.2, 0.25) is 0 Å². The predicted molar refractivity (Wildman–Crippen MR) is 73.7 cm³/mol. The quantitative estimate of drug-likeness (QED) is 0.711. The van der Waals surface area contributed by atoms with Crippen LogP contribution >= 0.6 is 0 Å². The van der Waals surface area contributed by atoms with Crippen molar-refractivity contribution in [2.24, 2.45) is 0 Å². The number of imidazole rings is 1. The van der Waals surface area contributed by atoms with Gasteiger partial charge in [0, 0.05) is 18.4 Å². The molecule has 0 spiro atoms. The molecule has 0 aliphatic heterocycles. The summed E-state index contributed by atoms with van der Waals surface area (Å²) in [5.41, 5.74) is 3.31. The summed E-state index contributed by atoms with van der Waals surface area (Å²) < 4.78 is 2.22. The topological polar surface area (TPSA) is 67.4 Å². The van der Waals surface area contributed by atoms with E-state index in [-0.39, 0.29) is 0 Å². The molecule has 4 rings (SSSR count).